The van der Waals surface area contributed by atoms with E-state index in [1.54, 1.807) is 36.9 Å². The summed E-state index contributed by atoms with van der Waals surface area (Å²) < 4.78 is 5.10. The molecule has 156 valence electrons. The smallest absolute Gasteiger partial charge is 0.324 e. The van der Waals surface area contributed by atoms with Gasteiger partial charge in [-0.15, -0.1) is 0 Å². The Morgan fingerprint density at radius 1 is 1.41 bits per heavy atom. The van der Waals surface area contributed by atoms with Crippen LogP contribution >= 0.6 is 0 Å². The number of aromatic nitrogens is 1. The van der Waals surface area contributed by atoms with Gasteiger partial charge in [0.25, 0.3) is 0 Å². The van der Waals surface area contributed by atoms with Gasteiger partial charge in [-0.3, -0.25) is 19.5 Å². The Labute approximate surface area is 171 Å². The number of hydrogen-bond donors (Lipinski definition) is 1. The molecule has 1 fully saturated rings. The summed E-state index contributed by atoms with van der Waals surface area (Å²) in [5.74, 6) is -1.24. The van der Waals surface area contributed by atoms with Crippen molar-refractivity contribution < 1.29 is 19.1 Å². The lowest BCUT2D eigenvalue weighted by Crippen LogP contribution is -2.50. The number of pyridine rings is 1. The third-order valence-electron chi connectivity index (χ3n) is 5.89. The van der Waals surface area contributed by atoms with Gasteiger partial charge in [0.2, 0.25) is 5.91 Å². The summed E-state index contributed by atoms with van der Waals surface area (Å²) in [4.78, 5) is 33.6. The van der Waals surface area contributed by atoms with E-state index in [4.69, 9.17) is 4.42 Å². The number of likely N-dealkylation sites (N-methyl/N-ethyl adjacent to an activating group) is 1. The monoisotopic (exact) mass is 399 g/mol. The van der Waals surface area contributed by atoms with Crippen LogP contribution in [-0.2, 0) is 16.1 Å². The maximum atomic E-state index is 13.5. The number of rotatable bonds is 7. The van der Waals surface area contributed by atoms with Crippen molar-refractivity contribution in [2.24, 2.45) is 11.8 Å². The molecule has 7 heteroatoms. The molecular formula is C22H29N3O4. The molecule has 1 aliphatic rings. The first-order valence-electron chi connectivity index (χ1n) is 9.88. The molecule has 2 aromatic rings. The van der Waals surface area contributed by atoms with Crippen molar-refractivity contribution in [1.29, 1.82) is 0 Å². The standard InChI is InChI=1S/C22H29N3O4/c1-15(2)10-22(21(27)28)11-18(19(25(22)4)17-6-5-8-23-12-17)20(26)24(3)13-16-7-9-29-14-16/h5-9,12,14-15,18-19H,10-11,13H2,1-4H3,(H,27,28)/t18-,19-,22-/m0/s1. The maximum absolute atomic E-state index is 13.5. The SMILES string of the molecule is CC(C)C[C@@]1(C(=O)O)C[C@H](C(=O)N(C)Cc2ccoc2)[C@H](c2cccnc2)N1C. The molecule has 1 amide bonds. The van der Waals surface area contributed by atoms with Crippen LogP contribution in [0.5, 0.6) is 0 Å². The predicted octanol–water partition coefficient (Wildman–Crippen LogP) is 3.20. The van der Waals surface area contributed by atoms with Crippen LogP contribution in [0.4, 0.5) is 0 Å². The molecule has 0 aliphatic carbocycles. The highest BCUT2D eigenvalue weighted by Crippen LogP contribution is 2.49. The molecule has 1 aliphatic heterocycles. The second kappa shape index (κ2) is 8.37. The fraction of sp³-hybridized carbons (Fsp3) is 0.500. The molecule has 1 N–H and O–H groups in total. The third kappa shape index (κ3) is 4.05. The number of aliphatic carboxylic acids is 1. The lowest BCUT2D eigenvalue weighted by molar-refractivity contribution is -0.151. The van der Waals surface area contributed by atoms with Gasteiger partial charge in [0.1, 0.15) is 5.54 Å². The number of furan rings is 1. The molecule has 2 aromatic heterocycles. The number of likely N-dealkylation sites (tertiary alicyclic amines) is 1. The Hall–Kier alpha value is -2.67. The molecule has 0 aromatic carbocycles. The zero-order valence-electron chi connectivity index (χ0n) is 17.4. The van der Waals surface area contributed by atoms with E-state index in [1.165, 1.54) is 0 Å². The van der Waals surface area contributed by atoms with Crippen LogP contribution in [0.2, 0.25) is 0 Å². The number of carbonyl (C=O) groups excluding carboxylic acids is 1. The molecule has 7 nitrogen and oxygen atoms in total. The van der Waals surface area contributed by atoms with Crippen molar-refractivity contribution in [2.75, 3.05) is 14.1 Å². The summed E-state index contributed by atoms with van der Waals surface area (Å²) in [6.07, 6.45) is 7.34. The first-order valence-corrected chi connectivity index (χ1v) is 9.88. The van der Waals surface area contributed by atoms with Crippen LogP contribution in [0, 0.1) is 11.8 Å². The van der Waals surface area contributed by atoms with E-state index in [-0.39, 0.29) is 24.3 Å². The van der Waals surface area contributed by atoms with Gasteiger partial charge in [-0.05, 0) is 43.5 Å². The highest BCUT2D eigenvalue weighted by molar-refractivity contribution is 5.85. The zero-order valence-corrected chi connectivity index (χ0v) is 17.4. The summed E-state index contributed by atoms with van der Waals surface area (Å²) in [5, 5.41) is 10.2. The third-order valence-corrected chi connectivity index (χ3v) is 5.89. The lowest BCUT2D eigenvalue weighted by atomic mass is 9.83. The van der Waals surface area contributed by atoms with E-state index in [0.717, 1.165) is 11.1 Å². The highest BCUT2D eigenvalue weighted by atomic mass is 16.4. The van der Waals surface area contributed by atoms with Crippen molar-refractivity contribution in [3.05, 3.63) is 54.2 Å². The predicted molar refractivity (Wildman–Crippen MR) is 108 cm³/mol. The van der Waals surface area contributed by atoms with Crippen LogP contribution in [0.3, 0.4) is 0 Å². The average Bonchev–Trinajstić information content (AvgIpc) is 3.28. The van der Waals surface area contributed by atoms with E-state index in [2.05, 4.69) is 4.98 Å². The van der Waals surface area contributed by atoms with Crippen LogP contribution < -0.4 is 0 Å². The summed E-state index contributed by atoms with van der Waals surface area (Å²) in [6.45, 7) is 4.44. The Morgan fingerprint density at radius 2 is 2.17 bits per heavy atom. The largest absolute Gasteiger partial charge is 0.480 e. The normalized spacial score (nSPS) is 24.7. The van der Waals surface area contributed by atoms with Crippen LogP contribution in [0.25, 0.3) is 0 Å². The van der Waals surface area contributed by atoms with Gasteiger partial charge in [0.05, 0.1) is 18.4 Å². The molecule has 3 heterocycles. The second-order valence-electron chi connectivity index (χ2n) is 8.41. The van der Waals surface area contributed by atoms with Crippen molar-refractivity contribution in [1.82, 2.24) is 14.8 Å². The van der Waals surface area contributed by atoms with E-state index in [9.17, 15) is 14.7 Å². The quantitative estimate of drug-likeness (QED) is 0.769. The van der Waals surface area contributed by atoms with Gasteiger partial charge >= 0.3 is 5.97 Å². The van der Waals surface area contributed by atoms with E-state index < -0.39 is 17.4 Å². The topological polar surface area (TPSA) is 86.9 Å². The molecular weight excluding hydrogens is 370 g/mol. The van der Waals surface area contributed by atoms with Crippen molar-refractivity contribution >= 4 is 11.9 Å². The van der Waals surface area contributed by atoms with Crippen LogP contribution in [0.15, 0.2) is 47.5 Å². The molecule has 0 radical (unpaired) electrons. The molecule has 3 atom stereocenters. The van der Waals surface area contributed by atoms with Crippen molar-refractivity contribution in [2.45, 2.75) is 44.8 Å². The van der Waals surface area contributed by atoms with Crippen LogP contribution in [0.1, 0.15) is 43.9 Å². The number of carboxylic acid groups (broad SMARTS) is 1. The molecule has 29 heavy (non-hydrogen) atoms. The minimum Gasteiger partial charge on any atom is -0.480 e. The Balaban J connectivity index is 1.97. The summed E-state index contributed by atoms with van der Waals surface area (Å²) in [5.41, 5.74) is 0.666. The van der Waals surface area contributed by atoms with Gasteiger partial charge in [0.15, 0.2) is 0 Å². The minimum atomic E-state index is -1.09. The summed E-state index contributed by atoms with van der Waals surface area (Å²) in [7, 11) is 3.57. The molecule has 0 unspecified atom stereocenters. The number of carboxylic acids is 1. The molecule has 0 spiro atoms. The molecule has 1 saturated heterocycles. The Bertz CT molecular complexity index is 837. The number of hydrogen-bond acceptors (Lipinski definition) is 5. The van der Waals surface area contributed by atoms with Crippen molar-refractivity contribution in [3.63, 3.8) is 0 Å². The van der Waals surface area contributed by atoms with Crippen molar-refractivity contribution in [3.8, 4) is 0 Å². The number of amides is 1. The fourth-order valence-electron chi connectivity index (χ4n) is 4.63. The molecule has 0 saturated carbocycles. The van der Waals surface area contributed by atoms with Gasteiger partial charge < -0.3 is 14.4 Å². The highest BCUT2D eigenvalue weighted by Gasteiger charge is 2.57. The first-order chi connectivity index (χ1) is 13.8. The number of carbonyl (C=O) groups is 2. The second-order valence-corrected chi connectivity index (χ2v) is 8.41. The van der Waals surface area contributed by atoms with E-state index in [0.29, 0.717) is 13.0 Å². The van der Waals surface area contributed by atoms with Gasteiger partial charge in [0, 0.05) is 37.6 Å². The Kier molecular flexibility index (Phi) is 6.07. The first kappa shape index (κ1) is 21.0. The molecule has 0 bridgehead atoms. The van der Waals surface area contributed by atoms with E-state index >= 15 is 0 Å². The number of nitrogens with zero attached hydrogens (tertiary/aromatic N) is 3. The fourth-order valence-corrected chi connectivity index (χ4v) is 4.63. The summed E-state index contributed by atoms with van der Waals surface area (Å²) >= 11 is 0. The van der Waals surface area contributed by atoms with Gasteiger partial charge in [-0.2, -0.15) is 0 Å². The van der Waals surface area contributed by atoms with Gasteiger partial charge in [-0.25, -0.2) is 0 Å². The minimum absolute atomic E-state index is 0.0706. The zero-order chi connectivity index (χ0) is 21.2. The summed E-state index contributed by atoms with van der Waals surface area (Å²) in [6, 6.07) is 5.21. The van der Waals surface area contributed by atoms with E-state index in [1.807, 2.05) is 44.0 Å². The van der Waals surface area contributed by atoms with Crippen LogP contribution in [-0.4, -0.2) is 51.4 Å². The average molecular weight is 399 g/mol. The Morgan fingerprint density at radius 3 is 2.72 bits per heavy atom. The van der Waals surface area contributed by atoms with Gasteiger partial charge in [-0.1, -0.05) is 19.9 Å². The molecule has 3 rings (SSSR count). The maximum Gasteiger partial charge on any atom is 0.324 e. The lowest BCUT2D eigenvalue weighted by Gasteiger charge is -2.36.